The highest BCUT2D eigenvalue weighted by atomic mass is 16.5. The molecule has 0 saturated carbocycles. The molecule has 0 spiro atoms. The Hall–Kier alpha value is -2.42. The Labute approximate surface area is 125 Å². The highest BCUT2D eigenvalue weighted by molar-refractivity contribution is 5.66. The number of ether oxygens (including phenoxy) is 3. The van der Waals surface area contributed by atoms with Crippen molar-refractivity contribution < 1.29 is 14.2 Å². The second-order valence-electron chi connectivity index (χ2n) is 4.70. The first kappa shape index (κ1) is 15.0. The quantitative estimate of drug-likeness (QED) is 0.803. The van der Waals surface area contributed by atoms with Crippen LogP contribution in [0.2, 0.25) is 0 Å². The second-order valence-corrected chi connectivity index (χ2v) is 4.70. The van der Waals surface area contributed by atoms with Gasteiger partial charge in [-0.2, -0.15) is 0 Å². The fraction of sp³-hybridized carbons (Fsp3) is 0.222. The van der Waals surface area contributed by atoms with Gasteiger partial charge in [0.15, 0.2) is 11.5 Å². The molecule has 0 saturated heterocycles. The zero-order valence-corrected chi connectivity index (χ0v) is 12.7. The fourth-order valence-electron chi connectivity index (χ4n) is 2.17. The third-order valence-electron chi connectivity index (χ3n) is 3.36. The van der Waals surface area contributed by atoms with Crippen LogP contribution in [0.5, 0.6) is 17.2 Å². The maximum Gasteiger partial charge on any atom is 0.160 e. The molecule has 0 fully saturated rings. The molecule has 2 rings (SSSR count). The summed E-state index contributed by atoms with van der Waals surface area (Å²) in [6.07, 6.45) is 0.757. The maximum atomic E-state index is 5.32. The normalized spacial score (nSPS) is 10.0. The molecule has 0 aliphatic rings. The van der Waals surface area contributed by atoms with Crippen LogP contribution in [0.3, 0.4) is 0 Å². The van der Waals surface area contributed by atoms with Crippen molar-refractivity contribution in [3.8, 4) is 17.2 Å². The summed E-state index contributed by atoms with van der Waals surface area (Å²) in [6.45, 7) is 4.16. The predicted octanol–water partition coefficient (Wildman–Crippen LogP) is 3.97. The van der Waals surface area contributed by atoms with Gasteiger partial charge in [-0.25, -0.2) is 0 Å². The Morgan fingerprint density at radius 1 is 0.857 bits per heavy atom. The second kappa shape index (κ2) is 6.84. The molecule has 0 aliphatic heterocycles. The summed E-state index contributed by atoms with van der Waals surface area (Å²) >= 11 is 0. The zero-order chi connectivity index (χ0) is 15.2. The molecule has 0 bridgehead atoms. The number of benzene rings is 2. The number of allylic oxidation sites excluding steroid dienone is 1. The van der Waals surface area contributed by atoms with E-state index in [1.165, 1.54) is 0 Å². The summed E-state index contributed by atoms with van der Waals surface area (Å²) < 4.78 is 15.7. The van der Waals surface area contributed by atoms with Gasteiger partial charge < -0.3 is 14.2 Å². The third-order valence-corrected chi connectivity index (χ3v) is 3.36. The minimum Gasteiger partial charge on any atom is -0.497 e. The molecule has 0 aliphatic carbocycles. The van der Waals surface area contributed by atoms with Gasteiger partial charge in [0.25, 0.3) is 0 Å². The van der Waals surface area contributed by atoms with Gasteiger partial charge in [-0.1, -0.05) is 24.8 Å². The molecule has 3 nitrogen and oxygen atoms in total. The Kier molecular flexibility index (Phi) is 4.88. The molecule has 0 N–H and O–H groups in total. The first-order valence-corrected chi connectivity index (χ1v) is 6.71. The van der Waals surface area contributed by atoms with Crippen molar-refractivity contribution in [3.63, 3.8) is 0 Å². The van der Waals surface area contributed by atoms with E-state index in [1.54, 1.807) is 21.3 Å². The van der Waals surface area contributed by atoms with Crippen LogP contribution in [0, 0.1) is 0 Å². The summed E-state index contributed by atoms with van der Waals surface area (Å²) in [5, 5.41) is 0. The molecule has 21 heavy (non-hydrogen) atoms. The predicted molar refractivity (Wildman–Crippen MR) is 85.3 cm³/mol. The van der Waals surface area contributed by atoms with E-state index in [9.17, 15) is 0 Å². The summed E-state index contributed by atoms with van der Waals surface area (Å²) in [5.41, 5.74) is 3.28. The van der Waals surface area contributed by atoms with Gasteiger partial charge in [-0.05, 0) is 47.4 Å². The Morgan fingerprint density at radius 3 is 2.10 bits per heavy atom. The minimum absolute atomic E-state index is 0.733. The van der Waals surface area contributed by atoms with E-state index in [0.717, 1.165) is 40.4 Å². The molecule has 0 heterocycles. The topological polar surface area (TPSA) is 27.7 Å². The molecular weight excluding hydrogens is 264 g/mol. The Bertz CT molecular complexity index is 615. The van der Waals surface area contributed by atoms with Gasteiger partial charge in [0.2, 0.25) is 0 Å². The summed E-state index contributed by atoms with van der Waals surface area (Å²) in [6, 6.07) is 13.8. The highest BCUT2D eigenvalue weighted by Crippen LogP contribution is 2.29. The molecule has 0 aromatic heterocycles. The molecule has 2 aromatic rings. The van der Waals surface area contributed by atoms with E-state index in [-0.39, 0.29) is 0 Å². The molecule has 110 valence electrons. The van der Waals surface area contributed by atoms with Gasteiger partial charge in [-0.3, -0.25) is 0 Å². The third kappa shape index (κ3) is 3.57. The number of methoxy groups -OCH3 is 3. The van der Waals surface area contributed by atoms with Gasteiger partial charge in [0.1, 0.15) is 5.75 Å². The van der Waals surface area contributed by atoms with Crippen LogP contribution in [0.4, 0.5) is 0 Å². The molecule has 3 heteroatoms. The lowest BCUT2D eigenvalue weighted by molar-refractivity contribution is 0.354. The van der Waals surface area contributed by atoms with Crippen LogP contribution in [0.25, 0.3) is 5.57 Å². The van der Waals surface area contributed by atoms with Gasteiger partial charge >= 0.3 is 0 Å². The summed E-state index contributed by atoms with van der Waals surface area (Å²) in [7, 11) is 4.93. The molecular formula is C18H20O3. The lowest BCUT2D eigenvalue weighted by Crippen LogP contribution is -1.94. The van der Waals surface area contributed by atoms with Crippen molar-refractivity contribution in [2.45, 2.75) is 6.42 Å². The van der Waals surface area contributed by atoms with Crippen LogP contribution in [0.15, 0.2) is 49.0 Å². The van der Waals surface area contributed by atoms with Gasteiger partial charge in [-0.15, -0.1) is 0 Å². The van der Waals surface area contributed by atoms with Crippen molar-refractivity contribution in [2.75, 3.05) is 21.3 Å². The van der Waals surface area contributed by atoms with Gasteiger partial charge in [0.05, 0.1) is 21.3 Å². The highest BCUT2D eigenvalue weighted by Gasteiger charge is 2.07. The van der Waals surface area contributed by atoms with Crippen molar-refractivity contribution in [2.24, 2.45) is 0 Å². The minimum atomic E-state index is 0.733. The fourth-order valence-corrected chi connectivity index (χ4v) is 2.17. The van der Waals surface area contributed by atoms with E-state index in [0.29, 0.717) is 0 Å². The molecule has 0 amide bonds. The lowest BCUT2D eigenvalue weighted by Gasteiger charge is -2.11. The van der Waals surface area contributed by atoms with Crippen molar-refractivity contribution in [1.29, 1.82) is 0 Å². The van der Waals surface area contributed by atoms with E-state index in [1.807, 2.05) is 42.5 Å². The van der Waals surface area contributed by atoms with Crippen LogP contribution in [-0.2, 0) is 6.42 Å². The number of hydrogen-bond donors (Lipinski definition) is 0. The number of hydrogen-bond acceptors (Lipinski definition) is 3. The average molecular weight is 284 g/mol. The SMILES string of the molecule is C=C(Cc1ccc(OC)c(OC)c1)c1ccc(OC)cc1. The van der Waals surface area contributed by atoms with Crippen molar-refractivity contribution in [3.05, 3.63) is 60.2 Å². The van der Waals surface area contributed by atoms with E-state index >= 15 is 0 Å². The summed E-state index contributed by atoms with van der Waals surface area (Å²) in [4.78, 5) is 0. The maximum absolute atomic E-state index is 5.32. The molecule has 0 atom stereocenters. The van der Waals surface area contributed by atoms with Crippen LogP contribution < -0.4 is 14.2 Å². The zero-order valence-electron chi connectivity index (χ0n) is 12.7. The lowest BCUT2D eigenvalue weighted by atomic mass is 9.99. The molecule has 0 unspecified atom stereocenters. The first-order chi connectivity index (χ1) is 10.2. The standard InChI is InChI=1S/C18H20O3/c1-13(15-6-8-16(19-2)9-7-15)11-14-5-10-17(20-3)18(12-14)21-4/h5-10,12H,1,11H2,2-4H3. The van der Waals surface area contributed by atoms with Crippen LogP contribution >= 0.6 is 0 Å². The van der Waals surface area contributed by atoms with E-state index in [4.69, 9.17) is 14.2 Å². The monoisotopic (exact) mass is 284 g/mol. The molecule has 2 aromatic carbocycles. The van der Waals surface area contributed by atoms with Crippen LogP contribution in [-0.4, -0.2) is 21.3 Å². The van der Waals surface area contributed by atoms with E-state index in [2.05, 4.69) is 6.58 Å². The first-order valence-electron chi connectivity index (χ1n) is 6.71. The van der Waals surface area contributed by atoms with Gasteiger partial charge in [0, 0.05) is 0 Å². The largest absolute Gasteiger partial charge is 0.497 e. The Morgan fingerprint density at radius 2 is 1.52 bits per heavy atom. The average Bonchev–Trinajstić information content (AvgIpc) is 2.54. The van der Waals surface area contributed by atoms with E-state index < -0.39 is 0 Å². The Balaban J connectivity index is 2.14. The summed E-state index contributed by atoms with van der Waals surface area (Å²) in [5.74, 6) is 2.31. The van der Waals surface area contributed by atoms with Crippen LogP contribution in [0.1, 0.15) is 11.1 Å². The van der Waals surface area contributed by atoms with Crippen molar-refractivity contribution >= 4 is 5.57 Å². The molecule has 0 radical (unpaired) electrons. The number of rotatable bonds is 6. The smallest absolute Gasteiger partial charge is 0.160 e. The van der Waals surface area contributed by atoms with Crippen molar-refractivity contribution in [1.82, 2.24) is 0 Å².